The quantitative estimate of drug-likeness (QED) is 0.420. The fourth-order valence-corrected chi connectivity index (χ4v) is 2.39. The minimum absolute atomic E-state index is 0.761. The number of ether oxygens (including phenoxy) is 2. The summed E-state index contributed by atoms with van der Waals surface area (Å²) in [5.41, 5.74) is 0. The van der Waals surface area contributed by atoms with E-state index in [1.165, 1.54) is 19.3 Å². The molecular weight excluding hydrogens is 328 g/mol. The van der Waals surface area contributed by atoms with Crippen LogP contribution in [-0.2, 0) is 0 Å². The molecule has 2 aromatic carbocycles. The average molecular weight is 349 g/mol. The van der Waals surface area contributed by atoms with Crippen LogP contribution in [0, 0.1) is 0 Å². The topological polar surface area (TPSA) is 18.5 Å². The Balaban J connectivity index is 1.78. The Kier molecular flexibility index (Phi) is 7.16. The molecule has 3 heteroatoms. The lowest BCUT2D eigenvalue weighted by atomic mass is 10.2. The van der Waals surface area contributed by atoms with Gasteiger partial charge in [0.2, 0.25) is 0 Å². The Morgan fingerprint density at radius 3 is 2.24 bits per heavy atom. The van der Waals surface area contributed by atoms with Crippen molar-refractivity contribution in [2.45, 2.75) is 25.7 Å². The molecule has 21 heavy (non-hydrogen) atoms. The predicted octanol–water partition coefficient (Wildman–Crippen LogP) is 5.81. The molecule has 0 aliphatic rings. The number of unbranched alkanes of at least 4 members (excludes halogenated alkanes) is 3. The number of hydrogen-bond acceptors (Lipinski definition) is 2. The van der Waals surface area contributed by atoms with Crippen molar-refractivity contribution in [1.82, 2.24) is 0 Å². The summed E-state index contributed by atoms with van der Waals surface area (Å²) in [6, 6.07) is 17.6. The highest BCUT2D eigenvalue weighted by atomic mass is 79.9. The fraction of sp³-hybridized carbons (Fsp3) is 0.333. The summed E-state index contributed by atoms with van der Waals surface area (Å²) in [5.74, 6) is 2.51. The Labute approximate surface area is 135 Å². The van der Waals surface area contributed by atoms with Crippen LogP contribution in [0.4, 0.5) is 0 Å². The number of benzene rings is 2. The maximum absolute atomic E-state index is 5.79. The van der Waals surface area contributed by atoms with Crippen LogP contribution in [-0.4, -0.2) is 11.9 Å². The predicted molar refractivity (Wildman–Crippen MR) is 90.7 cm³/mol. The number of rotatable bonds is 9. The van der Waals surface area contributed by atoms with Gasteiger partial charge in [0.1, 0.15) is 17.2 Å². The molecule has 0 bridgehead atoms. The zero-order chi connectivity index (χ0) is 14.8. The summed E-state index contributed by atoms with van der Waals surface area (Å²) in [5, 5.41) is 1.09. The molecule has 0 atom stereocenters. The van der Waals surface area contributed by atoms with E-state index in [2.05, 4.69) is 15.9 Å². The maximum Gasteiger partial charge on any atom is 0.131 e. The largest absolute Gasteiger partial charge is 0.493 e. The highest BCUT2D eigenvalue weighted by molar-refractivity contribution is 9.09. The first kappa shape index (κ1) is 15.9. The Morgan fingerprint density at radius 2 is 1.43 bits per heavy atom. The van der Waals surface area contributed by atoms with Gasteiger partial charge in [-0.25, -0.2) is 0 Å². The van der Waals surface area contributed by atoms with Crippen LogP contribution in [0.25, 0.3) is 0 Å². The van der Waals surface area contributed by atoms with Gasteiger partial charge in [-0.1, -0.05) is 53.0 Å². The van der Waals surface area contributed by atoms with Crippen LogP contribution in [0.3, 0.4) is 0 Å². The second-order valence-electron chi connectivity index (χ2n) is 4.84. The van der Waals surface area contributed by atoms with E-state index in [0.29, 0.717) is 0 Å². The third-order valence-electron chi connectivity index (χ3n) is 3.08. The summed E-state index contributed by atoms with van der Waals surface area (Å²) >= 11 is 3.45. The molecule has 0 heterocycles. The standard InChI is InChI=1S/C18H21BrO2/c19-13-6-1-2-7-14-20-17-11-8-12-18(15-17)21-16-9-4-3-5-10-16/h3-5,8-12,15H,1-2,6-7,13-14H2. The van der Waals surface area contributed by atoms with Crippen LogP contribution in [0.5, 0.6) is 17.2 Å². The molecular formula is C18H21BrO2. The first-order valence-corrected chi connectivity index (χ1v) is 8.52. The van der Waals surface area contributed by atoms with Gasteiger partial charge in [0.05, 0.1) is 6.61 Å². The van der Waals surface area contributed by atoms with E-state index >= 15 is 0 Å². The smallest absolute Gasteiger partial charge is 0.131 e. The summed E-state index contributed by atoms with van der Waals surface area (Å²) in [7, 11) is 0. The van der Waals surface area contributed by atoms with Crippen molar-refractivity contribution in [3.05, 3.63) is 54.6 Å². The normalized spacial score (nSPS) is 10.3. The molecule has 0 aliphatic heterocycles. The van der Waals surface area contributed by atoms with Crippen molar-refractivity contribution in [3.8, 4) is 17.2 Å². The zero-order valence-electron chi connectivity index (χ0n) is 12.1. The van der Waals surface area contributed by atoms with E-state index in [0.717, 1.165) is 35.6 Å². The minimum Gasteiger partial charge on any atom is -0.493 e. The van der Waals surface area contributed by atoms with Gasteiger partial charge in [0.25, 0.3) is 0 Å². The van der Waals surface area contributed by atoms with E-state index in [9.17, 15) is 0 Å². The first-order valence-electron chi connectivity index (χ1n) is 7.40. The van der Waals surface area contributed by atoms with Crippen molar-refractivity contribution >= 4 is 15.9 Å². The monoisotopic (exact) mass is 348 g/mol. The van der Waals surface area contributed by atoms with Gasteiger partial charge in [-0.05, 0) is 37.1 Å². The summed E-state index contributed by atoms with van der Waals surface area (Å²) < 4.78 is 11.6. The number of para-hydroxylation sites is 1. The Bertz CT molecular complexity index is 514. The molecule has 0 radical (unpaired) electrons. The summed E-state index contributed by atoms with van der Waals surface area (Å²) in [6.07, 6.45) is 4.80. The number of alkyl halides is 1. The molecule has 0 saturated heterocycles. The number of hydrogen-bond donors (Lipinski definition) is 0. The second-order valence-corrected chi connectivity index (χ2v) is 5.63. The molecule has 0 fully saturated rings. The van der Waals surface area contributed by atoms with Crippen LogP contribution in [0.2, 0.25) is 0 Å². The van der Waals surface area contributed by atoms with Crippen LogP contribution < -0.4 is 9.47 Å². The maximum atomic E-state index is 5.79. The van der Waals surface area contributed by atoms with Gasteiger partial charge in [-0.2, -0.15) is 0 Å². The summed E-state index contributed by atoms with van der Waals surface area (Å²) in [6.45, 7) is 0.761. The molecule has 0 spiro atoms. The highest BCUT2D eigenvalue weighted by Gasteiger charge is 2.00. The van der Waals surface area contributed by atoms with E-state index in [1.54, 1.807) is 0 Å². The van der Waals surface area contributed by atoms with E-state index in [-0.39, 0.29) is 0 Å². The van der Waals surface area contributed by atoms with Gasteiger partial charge in [0.15, 0.2) is 0 Å². The molecule has 0 N–H and O–H groups in total. The van der Waals surface area contributed by atoms with Crippen LogP contribution >= 0.6 is 15.9 Å². The number of halogens is 1. The lowest BCUT2D eigenvalue weighted by Crippen LogP contribution is -1.97. The van der Waals surface area contributed by atoms with Crippen molar-refractivity contribution in [2.75, 3.05) is 11.9 Å². The molecule has 0 aromatic heterocycles. The lowest BCUT2D eigenvalue weighted by molar-refractivity contribution is 0.304. The molecule has 112 valence electrons. The molecule has 2 aromatic rings. The third-order valence-corrected chi connectivity index (χ3v) is 3.64. The van der Waals surface area contributed by atoms with Gasteiger partial charge >= 0.3 is 0 Å². The highest BCUT2D eigenvalue weighted by Crippen LogP contribution is 2.25. The van der Waals surface area contributed by atoms with Crippen LogP contribution in [0.15, 0.2) is 54.6 Å². The molecule has 0 aliphatic carbocycles. The van der Waals surface area contributed by atoms with Crippen molar-refractivity contribution in [2.24, 2.45) is 0 Å². The Hall–Kier alpha value is -1.48. The first-order chi connectivity index (χ1) is 10.4. The third kappa shape index (κ3) is 6.21. The van der Waals surface area contributed by atoms with Gasteiger partial charge in [-0.3, -0.25) is 0 Å². The molecule has 2 nitrogen and oxygen atoms in total. The second kappa shape index (κ2) is 9.46. The molecule has 0 saturated carbocycles. The lowest BCUT2D eigenvalue weighted by Gasteiger charge is -2.09. The SMILES string of the molecule is BrCCCCCCOc1cccc(Oc2ccccc2)c1. The zero-order valence-corrected chi connectivity index (χ0v) is 13.7. The van der Waals surface area contributed by atoms with E-state index in [4.69, 9.17) is 9.47 Å². The average Bonchev–Trinajstić information content (AvgIpc) is 2.52. The van der Waals surface area contributed by atoms with Crippen molar-refractivity contribution in [3.63, 3.8) is 0 Å². The van der Waals surface area contributed by atoms with Crippen molar-refractivity contribution < 1.29 is 9.47 Å². The van der Waals surface area contributed by atoms with Gasteiger partial charge < -0.3 is 9.47 Å². The molecule has 0 unspecified atom stereocenters. The molecule has 0 amide bonds. The minimum atomic E-state index is 0.761. The summed E-state index contributed by atoms with van der Waals surface area (Å²) in [4.78, 5) is 0. The van der Waals surface area contributed by atoms with E-state index in [1.807, 2.05) is 54.6 Å². The van der Waals surface area contributed by atoms with Gasteiger partial charge in [0, 0.05) is 11.4 Å². The van der Waals surface area contributed by atoms with E-state index < -0.39 is 0 Å². The van der Waals surface area contributed by atoms with Gasteiger partial charge in [-0.15, -0.1) is 0 Å². The molecule has 2 rings (SSSR count). The fourth-order valence-electron chi connectivity index (χ4n) is 1.99. The van der Waals surface area contributed by atoms with Crippen LogP contribution in [0.1, 0.15) is 25.7 Å². The van der Waals surface area contributed by atoms with Crippen molar-refractivity contribution in [1.29, 1.82) is 0 Å². The Morgan fingerprint density at radius 1 is 0.714 bits per heavy atom.